The third kappa shape index (κ3) is 2.85. The van der Waals surface area contributed by atoms with Crippen molar-refractivity contribution in [2.24, 2.45) is 0 Å². The molecule has 0 fully saturated rings. The number of nitrogens with one attached hydrogen (secondary N) is 1. The lowest BCUT2D eigenvalue weighted by atomic mass is 10.2. The Balaban J connectivity index is 2.15. The van der Waals surface area contributed by atoms with Crippen LogP contribution >= 0.6 is 11.6 Å². The largest absolute Gasteiger partial charge is 0.350 e. The predicted molar refractivity (Wildman–Crippen MR) is 91.2 cm³/mol. The van der Waals surface area contributed by atoms with Gasteiger partial charge >= 0.3 is 0 Å². The molecule has 0 aliphatic heterocycles. The molecule has 0 bridgehead atoms. The van der Waals surface area contributed by atoms with Gasteiger partial charge in [-0.2, -0.15) is 5.10 Å². The third-order valence-corrected chi connectivity index (χ3v) is 3.94. The van der Waals surface area contributed by atoms with E-state index in [4.69, 9.17) is 11.6 Å². The Morgan fingerprint density at radius 2 is 1.96 bits per heavy atom. The van der Waals surface area contributed by atoms with Crippen LogP contribution in [0.5, 0.6) is 0 Å². The predicted octanol–water partition coefficient (Wildman–Crippen LogP) is 3.66. The van der Waals surface area contributed by atoms with E-state index in [1.807, 2.05) is 13.8 Å². The highest BCUT2D eigenvalue weighted by Gasteiger charge is 2.20. The van der Waals surface area contributed by atoms with Gasteiger partial charge in [0.15, 0.2) is 5.65 Å². The minimum atomic E-state index is -0.328. The molecule has 0 aliphatic rings. The summed E-state index contributed by atoms with van der Waals surface area (Å²) in [4.78, 5) is 16.6. The number of carbonyl (C=O) groups is 1. The highest BCUT2D eigenvalue weighted by Crippen LogP contribution is 2.30. The lowest BCUT2D eigenvalue weighted by molar-refractivity contribution is 0.0943. The maximum Gasteiger partial charge on any atom is 0.254 e. The Kier molecular flexibility index (Phi) is 4.24. The molecule has 0 saturated carbocycles. The van der Waals surface area contributed by atoms with E-state index < -0.39 is 0 Å². The van der Waals surface area contributed by atoms with Crippen LogP contribution in [0.1, 0.15) is 29.9 Å². The highest BCUT2D eigenvalue weighted by atomic mass is 35.5. The molecule has 0 atom stereocenters. The summed E-state index contributed by atoms with van der Waals surface area (Å²) in [6.07, 6.45) is 1.43. The Morgan fingerprint density at radius 3 is 2.58 bits per heavy atom. The molecule has 124 valence electrons. The molecule has 1 amide bonds. The first-order chi connectivity index (χ1) is 11.4. The first-order valence-corrected chi connectivity index (χ1v) is 7.87. The number of aryl methyl sites for hydroxylation is 1. The summed E-state index contributed by atoms with van der Waals surface area (Å²) in [5, 5.41) is 8.14. The molecule has 5 nitrogen and oxygen atoms in total. The van der Waals surface area contributed by atoms with Gasteiger partial charge in [0.25, 0.3) is 5.91 Å². The summed E-state index contributed by atoms with van der Waals surface area (Å²) >= 11 is 6.44. The fraction of sp³-hybridized carbons (Fsp3) is 0.235. The van der Waals surface area contributed by atoms with Crippen molar-refractivity contribution in [3.05, 3.63) is 52.6 Å². The van der Waals surface area contributed by atoms with Gasteiger partial charge in [0.2, 0.25) is 0 Å². The summed E-state index contributed by atoms with van der Waals surface area (Å²) < 4.78 is 14.7. The van der Waals surface area contributed by atoms with Crippen LogP contribution in [0.4, 0.5) is 4.39 Å². The molecule has 2 heterocycles. The Bertz CT molecular complexity index is 918. The van der Waals surface area contributed by atoms with Gasteiger partial charge in [-0.15, -0.1) is 0 Å². The number of hydrogen-bond donors (Lipinski definition) is 1. The van der Waals surface area contributed by atoms with Crippen molar-refractivity contribution >= 4 is 28.5 Å². The second-order valence-corrected chi connectivity index (χ2v) is 6.16. The van der Waals surface area contributed by atoms with Gasteiger partial charge in [0.1, 0.15) is 5.82 Å². The first kappa shape index (κ1) is 16.4. The number of benzene rings is 1. The third-order valence-electron chi connectivity index (χ3n) is 3.54. The fourth-order valence-electron chi connectivity index (χ4n) is 2.47. The molecule has 0 radical (unpaired) electrons. The highest BCUT2D eigenvalue weighted by molar-refractivity contribution is 6.38. The number of hydrogen-bond acceptors (Lipinski definition) is 3. The Labute approximate surface area is 143 Å². The molecule has 2 aromatic heterocycles. The minimum Gasteiger partial charge on any atom is -0.350 e. The van der Waals surface area contributed by atoms with Crippen LogP contribution in [0.15, 0.2) is 30.5 Å². The average Bonchev–Trinajstić information content (AvgIpc) is 2.85. The van der Waals surface area contributed by atoms with Crippen molar-refractivity contribution in [3.63, 3.8) is 0 Å². The van der Waals surface area contributed by atoms with Gasteiger partial charge in [-0.3, -0.25) is 4.79 Å². The number of amides is 1. The summed E-state index contributed by atoms with van der Waals surface area (Å²) in [6.45, 7) is 5.53. The van der Waals surface area contributed by atoms with Gasteiger partial charge in [0, 0.05) is 12.2 Å². The summed E-state index contributed by atoms with van der Waals surface area (Å²) in [6, 6.07) is 5.91. The van der Waals surface area contributed by atoms with E-state index in [1.165, 1.54) is 18.3 Å². The number of carbonyl (C=O) groups excluding carboxylic acids is 1. The fourth-order valence-corrected chi connectivity index (χ4v) is 2.82. The molecular formula is C17H16ClFN4O. The first-order valence-electron chi connectivity index (χ1n) is 7.49. The zero-order chi connectivity index (χ0) is 17.4. The van der Waals surface area contributed by atoms with Crippen molar-refractivity contribution in [3.8, 4) is 5.69 Å². The van der Waals surface area contributed by atoms with Crippen molar-refractivity contribution in [1.29, 1.82) is 0 Å². The van der Waals surface area contributed by atoms with Crippen LogP contribution in [0.3, 0.4) is 0 Å². The van der Waals surface area contributed by atoms with Crippen LogP contribution in [0, 0.1) is 12.7 Å². The van der Waals surface area contributed by atoms with Crippen molar-refractivity contribution in [2.45, 2.75) is 26.8 Å². The zero-order valence-corrected chi connectivity index (χ0v) is 14.2. The van der Waals surface area contributed by atoms with E-state index in [9.17, 15) is 9.18 Å². The second kappa shape index (κ2) is 6.20. The van der Waals surface area contributed by atoms with E-state index in [0.717, 1.165) is 0 Å². The van der Waals surface area contributed by atoms with Gasteiger partial charge in [-0.05, 0) is 45.0 Å². The number of rotatable bonds is 3. The SMILES string of the molecule is Cc1nn(-c2ccc(F)cc2)c2ncc(C(=O)NC(C)C)c(Cl)c12. The van der Waals surface area contributed by atoms with E-state index in [0.29, 0.717) is 33.0 Å². The zero-order valence-electron chi connectivity index (χ0n) is 13.5. The van der Waals surface area contributed by atoms with Crippen LogP contribution in [0.2, 0.25) is 5.02 Å². The molecule has 7 heteroatoms. The van der Waals surface area contributed by atoms with Crippen LogP contribution in [-0.2, 0) is 0 Å². The number of fused-ring (bicyclic) bond motifs is 1. The molecule has 24 heavy (non-hydrogen) atoms. The smallest absolute Gasteiger partial charge is 0.254 e. The van der Waals surface area contributed by atoms with E-state index in [2.05, 4.69) is 15.4 Å². The van der Waals surface area contributed by atoms with Gasteiger partial charge in [-0.25, -0.2) is 14.1 Å². The topological polar surface area (TPSA) is 59.8 Å². The monoisotopic (exact) mass is 346 g/mol. The number of nitrogens with zero attached hydrogens (tertiary/aromatic N) is 3. The number of pyridine rings is 1. The quantitative estimate of drug-likeness (QED) is 0.787. The van der Waals surface area contributed by atoms with Crippen molar-refractivity contribution < 1.29 is 9.18 Å². The maximum atomic E-state index is 13.1. The van der Waals surface area contributed by atoms with Gasteiger partial charge in [0.05, 0.1) is 27.4 Å². The Morgan fingerprint density at radius 1 is 1.29 bits per heavy atom. The maximum absolute atomic E-state index is 13.1. The molecular weight excluding hydrogens is 331 g/mol. The lowest BCUT2D eigenvalue weighted by Gasteiger charge is -2.10. The minimum absolute atomic E-state index is 0.00713. The van der Waals surface area contributed by atoms with E-state index in [-0.39, 0.29) is 17.8 Å². The lowest BCUT2D eigenvalue weighted by Crippen LogP contribution is -2.30. The molecule has 0 aliphatic carbocycles. The second-order valence-electron chi connectivity index (χ2n) is 5.79. The Hall–Kier alpha value is -2.47. The summed E-state index contributed by atoms with van der Waals surface area (Å²) in [7, 11) is 0. The number of halogens is 2. The average molecular weight is 347 g/mol. The molecule has 1 N–H and O–H groups in total. The molecule has 0 spiro atoms. The van der Waals surface area contributed by atoms with Crippen LogP contribution in [0.25, 0.3) is 16.7 Å². The van der Waals surface area contributed by atoms with Crippen molar-refractivity contribution in [1.82, 2.24) is 20.1 Å². The normalized spacial score (nSPS) is 11.2. The van der Waals surface area contributed by atoms with Gasteiger partial charge < -0.3 is 5.32 Å². The van der Waals surface area contributed by atoms with E-state index >= 15 is 0 Å². The van der Waals surface area contributed by atoms with Gasteiger partial charge in [-0.1, -0.05) is 11.6 Å². The molecule has 3 aromatic rings. The molecule has 1 aromatic carbocycles. The van der Waals surface area contributed by atoms with Crippen molar-refractivity contribution in [2.75, 3.05) is 0 Å². The number of aromatic nitrogens is 3. The molecule has 0 unspecified atom stereocenters. The van der Waals surface area contributed by atoms with E-state index in [1.54, 1.807) is 23.7 Å². The summed E-state index contributed by atoms with van der Waals surface area (Å²) in [5.41, 5.74) is 2.13. The van der Waals surface area contributed by atoms with Crippen LogP contribution < -0.4 is 5.32 Å². The standard InChI is InChI=1S/C17H16ClFN4O/c1-9(2)21-17(24)13-8-20-16-14(15(13)18)10(3)22-23(16)12-6-4-11(19)5-7-12/h4-9H,1-3H3,(H,21,24). The van der Waals surface area contributed by atoms with Crippen LogP contribution in [-0.4, -0.2) is 26.7 Å². The summed E-state index contributed by atoms with van der Waals surface area (Å²) in [5.74, 6) is -0.607. The molecule has 0 saturated heterocycles. The molecule has 3 rings (SSSR count).